The third kappa shape index (κ3) is 4.75. The molecule has 1 amide bonds. The van der Waals surface area contributed by atoms with Gasteiger partial charge in [-0.1, -0.05) is 5.16 Å². The van der Waals surface area contributed by atoms with Crippen molar-refractivity contribution in [3.63, 3.8) is 0 Å². The first-order valence-corrected chi connectivity index (χ1v) is 12.7. The molecule has 2 saturated heterocycles. The predicted octanol–water partition coefficient (Wildman–Crippen LogP) is 2.30. The summed E-state index contributed by atoms with van der Waals surface area (Å²) in [5, 5.41) is 12.8. The highest BCUT2D eigenvalue weighted by Crippen LogP contribution is 2.29. The second kappa shape index (κ2) is 9.53. The van der Waals surface area contributed by atoms with Crippen LogP contribution < -0.4 is 4.90 Å². The van der Waals surface area contributed by atoms with Crippen LogP contribution in [0.1, 0.15) is 36.3 Å². The predicted molar refractivity (Wildman–Crippen MR) is 122 cm³/mol. The molecule has 0 radical (unpaired) electrons. The summed E-state index contributed by atoms with van der Waals surface area (Å²) < 4.78 is 32.9. The Balaban J connectivity index is 1.42. The van der Waals surface area contributed by atoms with Crippen LogP contribution in [0.4, 0.5) is 5.69 Å². The number of carbonyl (C=O) groups excluding carboxylic acids is 1. The number of aromatic nitrogens is 1. The fourth-order valence-corrected chi connectivity index (χ4v) is 6.55. The van der Waals surface area contributed by atoms with Gasteiger partial charge in [0.25, 0.3) is 0 Å². The largest absolute Gasteiger partial charge is 0.370 e. The van der Waals surface area contributed by atoms with Crippen molar-refractivity contribution in [1.29, 1.82) is 5.26 Å². The van der Waals surface area contributed by atoms with Gasteiger partial charge in [-0.15, -0.1) is 0 Å². The Morgan fingerprint density at radius 1 is 1.09 bits per heavy atom. The number of hydrogen-bond acceptors (Lipinski definition) is 7. The second-order valence-electron chi connectivity index (χ2n) is 8.68. The lowest BCUT2D eigenvalue weighted by Gasteiger charge is -2.34. The zero-order chi connectivity index (χ0) is 23.6. The summed E-state index contributed by atoms with van der Waals surface area (Å²) in [5.41, 5.74) is 2.01. The summed E-state index contributed by atoms with van der Waals surface area (Å²) in [6.45, 7) is 6.55. The number of benzene rings is 1. The molecule has 33 heavy (non-hydrogen) atoms. The van der Waals surface area contributed by atoms with E-state index in [0.29, 0.717) is 50.3 Å². The van der Waals surface area contributed by atoms with Crippen molar-refractivity contribution >= 4 is 21.6 Å². The molecule has 0 N–H and O–H groups in total. The van der Waals surface area contributed by atoms with Crippen molar-refractivity contribution in [2.24, 2.45) is 5.92 Å². The zero-order valence-electron chi connectivity index (χ0n) is 19.0. The molecule has 1 atom stereocenters. The van der Waals surface area contributed by atoms with Gasteiger partial charge in [-0.2, -0.15) is 9.57 Å². The highest BCUT2D eigenvalue weighted by atomic mass is 32.2. The first-order chi connectivity index (χ1) is 15.8. The van der Waals surface area contributed by atoms with Gasteiger partial charge in [-0.05, 0) is 57.4 Å². The quantitative estimate of drug-likeness (QED) is 0.673. The maximum absolute atomic E-state index is 13.3. The molecule has 9 nitrogen and oxygen atoms in total. The van der Waals surface area contributed by atoms with Gasteiger partial charge < -0.3 is 14.3 Å². The summed E-state index contributed by atoms with van der Waals surface area (Å²) in [6.07, 6.45) is 2.16. The molecule has 1 unspecified atom stereocenters. The molecule has 2 fully saturated rings. The molecule has 0 bridgehead atoms. The van der Waals surface area contributed by atoms with E-state index in [-0.39, 0.29) is 29.0 Å². The van der Waals surface area contributed by atoms with Crippen LogP contribution in [0, 0.1) is 31.1 Å². The molecule has 2 aliphatic rings. The average molecular weight is 472 g/mol. The first-order valence-electron chi connectivity index (χ1n) is 11.3. The Morgan fingerprint density at radius 3 is 2.52 bits per heavy atom. The van der Waals surface area contributed by atoms with Gasteiger partial charge in [0.05, 0.1) is 17.6 Å². The van der Waals surface area contributed by atoms with E-state index in [0.717, 1.165) is 18.7 Å². The highest BCUT2D eigenvalue weighted by molar-refractivity contribution is 7.89. The molecule has 2 aromatic rings. The van der Waals surface area contributed by atoms with Crippen LogP contribution in [0.15, 0.2) is 33.7 Å². The third-order valence-corrected chi connectivity index (χ3v) is 8.58. The Kier molecular flexibility index (Phi) is 6.72. The molecule has 4 rings (SSSR count). The Labute approximate surface area is 194 Å². The first kappa shape index (κ1) is 23.3. The normalized spacial score (nSPS) is 20.3. The van der Waals surface area contributed by atoms with E-state index < -0.39 is 10.0 Å². The molecule has 3 heterocycles. The van der Waals surface area contributed by atoms with Crippen LogP contribution in [-0.2, 0) is 14.8 Å². The van der Waals surface area contributed by atoms with Crippen molar-refractivity contribution in [3.05, 3.63) is 41.3 Å². The molecule has 1 aromatic heterocycles. The molecular weight excluding hydrogens is 442 g/mol. The van der Waals surface area contributed by atoms with Crippen LogP contribution in [0.2, 0.25) is 0 Å². The molecule has 0 spiro atoms. The Morgan fingerprint density at radius 2 is 1.85 bits per heavy atom. The van der Waals surface area contributed by atoms with Crippen LogP contribution >= 0.6 is 0 Å². The van der Waals surface area contributed by atoms with Crippen molar-refractivity contribution in [3.8, 4) is 6.07 Å². The summed E-state index contributed by atoms with van der Waals surface area (Å²) in [7, 11) is -3.76. The number of nitriles is 1. The summed E-state index contributed by atoms with van der Waals surface area (Å²) >= 11 is 0. The molecule has 10 heteroatoms. The minimum atomic E-state index is -3.76. The van der Waals surface area contributed by atoms with Crippen molar-refractivity contribution in [2.75, 3.05) is 44.2 Å². The fraction of sp³-hybridized carbons (Fsp3) is 0.522. The van der Waals surface area contributed by atoms with Gasteiger partial charge >= 0.3 is 0 Å². The van der Waals surface area contributed by atoms with Gasteiger partial charge in [0.2, 0.25) is 15.9 Å². The molecule has 0 aliphatic carbocycles. The number of piperidine rings is 1. The number of carbonyl (C=O) groups is 1. The summed E-state index contributed by atoms with van der Waals surface area (Å²) in [4.78, 5) is 17.6. The monoisotopic (exact) mass is 471 g/mol. The maximum Gasteiger partial charge on any atom is 0.248 e. The maximum atomic E-state index is 13.3. The molecule has 176 valence electrons. The second-order valence-corrected chi connectivity index (χ2v) is 10.6. The lowest BCUT2D eigenvalue weighted by molar-refractivity contribution is -0.136. The Hall–Kier alpha value is -2.90. The standard InChI is InChI=1S/C23H29N5O4S/c1-17-22(18(2)32-25-17)33(30,31)28-12-3-5-20(16-28)23(29)27-11-4-10-26(13-14-27)21-8-6-19(15-24)7-9-21/h6-9,20H,3-5,10-14,16H2,1-2H3. The van der Waals surface area contributed by atoms with Crippen molar-refractivity contribution < 1.29 is 17.7 Å². The van der Waals surface area contributed by atoms with E-state index in [2.05, 4.69) is 16.1 Å². The van der Waals surface area contributed by atoms with Gasteiger partial charge in [0.1, 0.15) is 10.6 Å². The number of amides is 1. The van der Waals surface area contributed by atoms with Crippen LogP contribution in [0.25, 0.3) is 0 Å². The number of sulfonamides is 1. The lowest BCUT2D eigenvalue weighted by atomic mass is 9.98. The SMILES string of the molecule is Cc1noc(C)c1S(=O)(=O)N1CCCC(C(=O)N2CCCN(c3ccc(C#N)cc3)CC2)C1. The van der Waals surface area contributed by atoms with E-state index in [1.165, 1.54) is 4.31 Å². The third-order valence-electron chi connectivity index (χ3n) is 6.47. The number of nitrogens with zero attached hydrogens (tertiary/aromatic N) is 5. The summed E-state index contributed by atoms with van der Waals surface area (Å²) in [6, 6.07) is 9.62. The van der Waals surface area contributed by atoms with Crippen LogP contribution in [-0.4, -0.2) is 68.0 Å². The zero-order valence-corrected chi connectivity index (χ0v) is 19.8. The van der Waals surface area contributed by atoms with E-state index in [4.69, 9.17) is 9.78 Å². The summed E-state index contributed by atoms with van der Waals surface area (Å²) in [5.74, 6) is -0.0536. The number of aryl methyl sites for hydroxylation is 2. The minimum absolute atomic E-state index is 0.0235. The average Bonchev–Trinajstić information content (AvgIpc) is 3.02. The highest BCUT2D eigenvalue weighted by Gasteiger charge is 2.37. The van der Waals surface area contributed by atoms with Crippen LogP contribution in [0.5, 0.6) is 0 Å². The fourth-order valence-electron chi connectivity index (χ4n) is 4.74. The van der Waals surface area contributed by atoms with E-state index in [9.17, 15) is 13.2 Å². The molecular formula is C23H29N5O4S. The van der Waals surface area contributed by atoms with E-state index in [1.807, 2.05) is 17.0 Å². The van der Waals surface area contributed by atoms with Gasteiger partial charge in [-0.3, -0.25) is 4.79 Å². The number of anilines is 1. The minimum Gasteiger partial charge on any atom is -0.370 e. The van der Waals surface area contributed by atoms with Gasteiger partial charge in [0.15, 0.2) is 5.76 Å². The van der Waals surface area contributed by atoms with Crippen molar-refractivity contribution in [1.82, 2.24) is 14.4 Å². The van der Waals surface area contributed by atoms with Crippen LogP contribution in [0.3, 0.4) is 0 Å². The van der Waals surface area contributed by atoms with E-state index >= 15 is 0 Å². The van der Waals surface area contributed by atoms with Crippen molar-refractivity contribution in [2.45, 2.75) is 38.0 Å². The lowest BCUT2D eigenvalue weighted by Crippen LogP contribution is -2.47. The number of rotatable bonds is 4. The molecule has 2 aliphatic heterocycles. The topological polar surface area (TPSA) is 111 Å². The van der Waals surface area contributed by atoms with Gasteiger partial charge in [-0.25, -0.2) is 8.42 Å². The van der Waals surface area contributed by atoms with E-state index in [1.54, 1.807) is 26.0 Å². The van der Waals surface area contributed by atoms with Gasteiger partial charge in [0, 0.05) is 45.0 Å². The number of hydrogen-bond donors (Lipinski definition) is 0. The molecule has 1 aromatic carbocycles. The smallest absolute Gasteiger partial charge is 0.248 e. The Bertz CT molecular complexity index is 1130. The molecule has 0 saturated carbocycles.